The standard InChI is InChI=1S/C23H26F3N3O3/c1-15-12-19(23(24,25)26)20-21(28-32-22(20)27-15)17-4-3-9-29(14-17)13-16-5-7-18(8-6-16)31-11-10-30-2/h5-8,12,17H,3-4,9-11,13-14H2,1-2H3/t17-/m0/s1. The van der Waals surface area contributed by atoms with E-state index < -0.39 is 11.7 Å². The van der Waals surface area contributed by atoms with Crippen LogP contribution in [-0.2, 0) is 17.5 Å². The minimum absolute atomic E-state index is 0.00693. The summed E-state index contributed by atoms with van der Waals surface area (Å²) in [6.07, 6.45) is -2.86. The molecule has 172 valence electrons. The number of hydrogen-bond donors (Lipinski definition) is 0. The van der Waals surface area contributed by atoms with Crippen molar-refractivity contribution in [1.82, 2.24) is 15.0 Å². The summed E-state index contributed by atoms with van der Waals surface area (Å²) in [6, 6.07) is 8.92. The number of aryl methyl sites for hydroxylation is 1. The molecule has 1 saturated heterocycles. The topological polar surface area (TPSA) is 60.6 Å². The molecule has 1 atom stereocenters. The zero-order chi connectivity index (χ0) is 22.7. The highest BCUT2D eigenvalue weighted by Gasteiger charge is 2.37. The average molecular weight is 449 g/mol. The van der Waals surface area contributed by atoms with E-state index >= 15 is 0 Å². The van der Waals surface area contributed by atoms with Crippen LogP contribution >= 0.6 is 0 Å². The molecule has 9 heteroatoms. The summed E-state index contributed by atoms with van der Waals surface area (Å²) in [5.74, 6) is 0.631. The van der Waals surface area contributed by atoms with Crippen LogP contribution in [0.25, 0.3) is 11.1 Å². The van der Waals surface area contributed by atoms with Crippen LogP contribution < -0.4 is 4.74 Å². The number of rotatable bonds is 7. The maximum Gasteiger partial charge on any atom is 0.417 e. The van der Waals surface area contributed by atoms with Gasteiger partial charge in [-0.05, 0) is 50.1 Å². The van der Waals surface area contributed by atoms with Crippen LogP contribution in [0.2, 0.25) is 0 Å². The van der Waals surface area contributed by atoms with Gasteiger partial charge in [-0.2, -0.15) is 13.2 Å². The summed E-state index contributed by atoms with van der Waals surface area (Å²) in [6.45, 7) is 4.73. The van der Waals surface area contributed by atoms with Crippen LogP contribution in [0.1, 0.15) is 41.3 Å². The van der Waals surface area contributed by atoms with Gasteiger partial charge in [0.25, 0.3) is 5.71 Å². The van der Waals surface area contributed by atoms with Crippen molar-refractivity contribution in [2.75, 3.05) is 33.4 Å². The molecule has 3 aromatic rings. The molecule has 1 aliphatic rings. The third-order valence-electron chi connectivity index (χ3n) is 5.68. The first kappa shape index (κ1) is 22.5. The number of piperidine rings is 1. The maximum absolute atomic E-state index is 13.7. The second kappa shape index (κ2) is 9.46. The van der Waals surface area contributed by atoms with Crippen LogP contribution in [0.5, 0.6) is 5.75 Å². The van der Waals surface area contributed by atoms with E-state index in [-0.39, 0.29) is 22.7 Å². The number of ether oxygens (including phenoxy) is 2. The Morgan fingerprint density at radius 1 is 1.19 bits per heavy atom. The van der Waals surface area contributed by atoms with Gasteiger partial charge in [0.05, 0.1) is 23.3 Å². The summed E-state index contributed by atoms with van der Waals surface area (Å²) in [7, 11) is 1.63. The van der Waals surface area contributed by atoms with Crippen molar-refractivity contribution < 1.29 is 27.2 Å². The van der Waals surface area contributed by atoms with Crippen LogP contribution in [0.4, 0.5) is 13.2 Å². The molecule has 1 aromatic carbocycles. The van der Waals surface area contributed by atoms with Gasteiger partial charge in [0.15, 0.2) is 0 Å². The molecule has 1 aliphatic heterocycles. The number of fused-ring (bicyclic) bond motifs is 1. The summed E-state index contributed by atoms with van der Waals surface area (Å²) >= 11 is 0. The number of alkyl halides is 3. The largest absolute Gasteiger partial charge is 0.491 e. The fraction of sp³-hybridized carbons (Fsp3) is 0.478. The zero-order valence-electron chi connectivity index (χ0n) is 18.1. The van der Waals surface area contributed by atoms with Crippen molar-refractivity contribution in [3.05, 3.63) is 52.8 Å². The fourth-order valence-electron chi connectivity index (χ4n) is 4.21. The molecule has 0 aliphatic carbocycles. The summed E-state index contributed by atoms with van der Waals surface area (Å²) in [5.41, 5.74) is 0.952. The molecule has 3 heterocycles. The summed E-state index contributed by atoms with van der Waals surface area (Å²) < 4.78 is 56.9. The lowest BCUT2D eigenvalue weighted by atomic mass is 9.91. The molecule has 0 unspecified atom stereocenters. The Labute approximate surface area is 184 Å². The van der Waals surface area contributed by atoms with E-state index in [9.17, 15) is 13.2 Å². The molecule has 0 amide bonds. The van der Waals surface area contributed by atoms with Crippen molar-refractivity contribution in [2.24, 2.45) is 0 Å². The van der Waals surface area contributed by atoms with Gasteiger partial charge in [0.2, 0.25) is 0 Å². The van der Waals surface area contributed by atoms with Gasteiger partial charge in [-0.25, -0.2) is 4.98 Å². The Morgan fingerprint density at radius 3 is 2.69 bits per heavy atom. The van der Waals surface area contributed by atoms with Gasteiger partial charge in [-0.1, -0.05) is 17.3 Å². The molecule has 0 bridgehead atoms. The van der Waals surface area contributed by atoms with Gasteiger partial charge in [0, 0.05) is 31.8 Å². The third-order valence-corrected chi connectivity index (χ3v) is 5.68. The van der Waals surface area contributed by atoms with Crippen molar-refractivity contribution in [3.8, 4) is 5.75 Å². The lowest BCUT2D eigenvalue weighted by Crippen LogP contribution is -2.34. The molecule has 0 spiro atoms. The van der Waals surface area contributed by atoms with E-state index in [0.29, 0.717) is 32.0 Å². The number of methoxy groups -OCH3 is 1. The normalized spacial score (nSPS) is 17.7. The monoisotopic (exact) mass is 449 g/mol. The number of halogens is 3. The minimum atomic E-state index is -4.49. The predicted molar refractivity (Wildman–Crippen MR) is 113 cm³/mol. The van der Waals surface area contributed by atoms with Crippen molar-refractivity contribution in [1.29, 1.82) is 0 Å². The SMILES string of the molecule is COCCOc1ccc(CN2CCC[C@H](c3noc4nc(C)cc(C(F)(F)F)c34)C2)cc1. The fourth-order valence-corrected chi connectivity index (χ4v) is 4.21. The maximum atomic E-state index is 13.7. The van der Waals surface area contributed by atoms with E-state index in [2.05, 4.69) is 15.0 Å². The Kier molecular flexibility index (Phi) is 6.66. The van der Waals surface area contributed by atoms with Gasteiger partial charge < -0.3 is 14.0 Å². The molecular weight excluding hydrogens is 423 g/mol. The number of benzene rings is 1. The van der Waals surface area contributed by atoms with E-state index in [1.54, 1.807) is 7.11 Å². The third kappa shape index (κ3) is 5.05. The second-order valence-corrected chi connectivity index (χ2v) is 8.12. The van der Waals surface area contributed by atoms with Gasteiger partial charge in [-0.15, -0.1) is 0 Å². The van der Waals surface area contributed by atoms with Gasteiger partial charge in [-0.3, -0.25) is 4.90 Å². The Hall–Kier alpha value is -2.65. The number of nitrogens with zero attached hydrogens (tertiary/aromatic N) is 3. The summed E-state index contributed by atoms with van der Waals surface area (Å²) in [5, 5.41) is 4.03. The van der Waals surface area contributed by atoms with Crippen molar-refractivity contribution >= 4 is 11.1 Å². The van der Waals surface area contributed by atoms with Crippen LogP contribution in [0.15, 0.2) is 34.9 Å². The lowest BCUT2D eigenvalue weighted by Gasteiger charge is -2.32. The average Bonchev–Trinajstić information content (AvgIpc) is 3.18. The first-order valence-corrected chi connectivity index (χ1v) is 10.6. The number of pyridine rings is 1. The zero-order valence-corrected chi connectivity index (χ0v) is 18.1. The lowest BCUT2D eigenvalue weighted by molar-refractivity contribution is -0.136. The number of hydrogen-bond acceptors (Lipinski definition) is 6. The highest BCUT2D eigenvalue weighted by atomic mass is 19.4. The first-order valence-electron chi connectivity index (χ1n) is 10.6. The smallest absolute Gasteiger partial charge is 0.417 e. The predicted octanol–water partition coefficient (Wildman–Crippen LogP) is 4.95. The van der Waals surface area contributed by atoms with Crippen molar-refractivity contribution in [2.45, 2.75) is 38.4 Å². The molecular formula is C23H26F3N3O3. The second-order valence-electron chi connectivity index (χ2n) is 8.12. The number of likely N-dealkylation sites (tertiary alicyclic amines) is 1. The van der Waals surface area contributed by atoms with Crippen molar-refractivity contribution in [3.63, 3.8) is 0 Å². The van der Waals surface area contributed by atoms with Crippen LogP contribution in [0, 0.1) is 6.92 Å². The quantitative estimate of drug-likeness (QED) is 0.476. The molecule has 0 N–H and O–H groups in total. The highest BCUT2D eigenvalue weighted by molar-refractivity contribution is 5.81. The molecule has 4 rings (SSSR count). The van der Waals surface area contributed by atoms with E-state index in [1.807, 2.05) is 24.3 Å². The molecule has 6 nitrogen and oxygen atoms in total. The van der Waals surface area contributed by atoms with E-state index in [0.717, 1.165) is 36.8 Å². The van der Waals surface area contributed by atoms with Gasteiger partial charge >= 0.3 is 6.18 Å². The molecule has 32 heavy (non-hydrogen) atoms. The van der Waals surface area contributed by atoms with E-state index in [4.69, 9.17) is 14.0 Å². The molecule has 0 radical (unpaired) electrons. The van der Waals surface area contributed by atoms with Crippen LogP contribution in [0.3, 0.4) is 0 Å². The minimum Gasteiger partial charge on any atom is -0.491 e. The molecule has 0 saturated carbocycles. The number of aromatic nitrogens is 2. The summed E-state index contributed by atoms with van der Waals surface area (Å²) in [4.78, 5) is 6.36. The van der Waals surface area contributed by atoms with Crippen LogP contribution in [-0.4, -0.2) is 48.5 Å². The molecule has 2 aromatic heterocycles. The Bertz CT molecular complexity index is 1050. The Morgan fingerprint density at radius 2 is 1.97 bits per heavy atom. The molecule has 1 fully saturated rings. The van der Waals surface area contributed by atoms with E-state index in [1.165, 1.54) is 6.92 Å². The first-order chi connectivity index (χ1) is 15.3. The highest BCUT2D eigenvalue weighted by Crippen LogP contribution is 2.40. The Balaban J connectivity index is 1.49. The van der Waals surface area contributed by atoms with Gasteiger partial charge in [0.1, 0.15) is 12.4 Å².